The van der Waals surface area contributed by atoms with Gasteiger partial charge >= 0.3 is 6.16 Å². The maximum Gasteiger partial charge on any atom is 0.506 e. The standard InChI is InChI=1S/C28H30N4O6/c1-2-7-22-24(30-37-25(22)19-8-4-3-5-9-19)27-29-26(31-38-27)20-13-11-18(12-14-20)23(33)17-32-15-6-10-21(16-32)36-28(34)35/h3-5,8-9,11-14,21,23,33H,2,6-7,10,15-17H2,1H3,(H,34,35). The van der Waals surface area contributed by atoms with Crippen LogP contribution in [0.2, 0.25) is 0 Å². The number of aromatic nitrogens is 3. The minimum Gasteiger partial charge on any atom is -0.450 e. The Hall–Kier alpha value is -4.02. The molecule has 2 unspecified atom stereocenters. The molecule has 1 aliphatic heterocycles. The van der Waals surface area contributed by atoms with Crippen LogP contribution in [-0.4, -0.2) is 62.3 Å². The molecule has 0 aliphatic carbocycles. The van der Waals surface area contributed by atoms with Gasteiger partial charge in [-0.05, 0) is 31.4 Å². The van der Waals surface area contributed by atoms with Crippen LogP contribution in [0.3, 0.4) is 0 Å². The zero-order valence-electron chi connectivity index (χ0n) is 21.1. The first-order valence-corrected chi connectivity index (χ1v) is 12.8. The van der Waals surface area contributed by atoms with Crippen molar-refractivity contribution in [2.75, 3.05) is 19.6 Å². The number of aliphatic hydroxyl groups is 1. The molecule has 3 heterocycles. The van der Waals surface area contributed by atoms with Gasteiger partial charge in [-0.1, -0.05) is 78.3 Å². The number of carboxylic acid groups (broad SMARTS) is 1. The molecule has 0 amide bonds. The predicted molar refractivity (Wildman–Crippen MR) is 138 cm³/mol. The summed E-state index contributed by atoms with van der Waals surface area (Å²) >= 11 is 0. The topological polar surface area (TPSA) is 135 Å². The number of aliphatic hydroxyl groups excluding tert-OH is 1. The molecule has 2 atom stereocenters. The molecule has 0 spiro atoms. The number of hydrogen-bond acceptors (Lipinski definition) is 9. The molecule has 0 bridgehead atoms. The van der Waals surface area contributed by atoms with Crippen molar-refractivity contribution in [1.29, 1.82) is 0 Å². The van der Waals surface area contributed by atoms with E-state index in [2.05, 4.69) is 22.2 Å². The van der Waals surface area contributed by atoms with Crippen LogP contribution in [0.5, 0.6) is 0 Å². The van der Waals surface area contributed by atoms with Crippen molar-refractivity contribution < 1.29 is 28.8 Å². The Balaban J connectivity index is 1.28. The summed E-state index contributed by atoms with van der Waals surface area (Å²) in [6, 6.07) is 17.2. The van der Waals surface area contributed by atoms with E-state index in [0.717, 1.165) is 48.1 Å². The van der Waals surface area contributed by atoms with E-state index < -0.39 is 12.3 Å². The fourth-order valence-corrected chi connectivity index (χ4v) is 4.83. The number of likely N-dealkylation sites (tertiary alicyclic amines) is 1. The van der Waals surface area contributed by atoms with E-state index in [-0.39, 0.29) is 6.10 Å². The van der Waals surface area contributed by atoms with Crippen LogP contribution < -0.4 is 0 Å². The molecule has 2 aromatic heterocycles. The Morgan fingerprint density at radius 1 is 1.11 bits per heavy atom. The van der Waals surface area contributed by atoms with Gasteiger partial charge in [-0.25, -0.2) is 4.79 Å². The molecule has 2 aromatic carbocycles. The highest BCUT2D eigenvalue weighted by molar-refractivity contribution is 5.69. The Kier molecular flexibility index (Phi) is 7.81. The normalized spacial score (nSPS) is 16.8. The van der Waals surface area contributed by atoms with Gasteiger partial charge in [0, 0.05) is 29.8 Å². The maximum atomic E-state index is 10.8. The largest absolute Gasteiger partial charge is 0.506 e. The molecule has 198 valence electrons. The van der Waals surface area contributed by atoms with Gasteiger partial charge in [0.15, 0.2) is 11.5 Å². The third-order valence-corrected chi connectivity index (χ3v) is 6.67. The number of ether oxygens (including phenoxy) is 1. The van der Waals surface area contributed by atoms with E-state index in [1.807, 2.05) is 59.5 Å². The SMILES string of the molecule is CCCc1c(-c2nc(-c3ccc(C(O)CN4CCCC(OC(=O)O)C4)cc3)no2)noc1-c1ccccc1. The van der Waals surface area contributed by atoms with Crippen molar-refractivity contribution in [1.82, 2.24) is 20.2 Å². The molecule has 38 heavy (non-hydrogen) atoms. The van der Waals surface area contributed by atoms with E-state index in [1.54, 1.807) is 0 Å². The van der Waals surface area contributed by atoms with Crippen molar-refractivity contribution in [2.24, 2.45) is 0 Å². The van der Waals surface area contributed by atoms with Crippen molar-refractivity contribution in [3.8, 4) is 34.3 Å². The number of carbonyl (C=O) groups is 1. The second kappa shape index (κ2) is 11.6. The summed E-state index contributed by atoms with van der Waals surface area (Å²) in [5.41, 5.74) is 3.91. The van der Waals surface area contributed by atoms with E-state index in [4.69, 9.17) is 18.9 Å². The molecule has 1 aliphatic rings. The second-order valence-electron chi connectivity index (χ2n) is 9.42. The quantitative estimate of drug-likeness (QED) is 0.284. The number of benzene rings is 2. The Morgan fingerprint density at radius 3 is 2.63 bits per heavy atom. The van der Waals surface area contributed by atoms with Crippen molar-refractivity contribution in [3.05, 3.63) is 65.7 Å². The third-order valence-electron chi connectivity index (χ3n) is 6.67. The van der Waals surface area contributed by atoms with Crippen LogP contribution in [-0.2, 0) is 11.2 Å². The first-order valence-electron chi connectivity index (χ1n) is 12.8. The highest BCUT2D eigenvalue weighted by Gasteiger charge is 2.26. The molecule has 2 N–H and O–H groups in total. The van der Waals surface area contributed by atoms with Crippen LogP contribution >= 0.6 is 0 Å². The molecule has 10 nitrogen and oxygen atoms in total. The predicted octanol–water partition coefficient (Wildman–Crippen LogP) is 5.20. The van der Waals surface area contributed by atoms with Gasteiger partial charge in [0.25, 0.3) is 5.89 Å². The van der Waals surface area contributed by atoms with Crippen molar-refractivity contribution in [2.45, 2.75) is 44.8 Å². The Bertz CT molecular complexity index is 1350. The lowest BCUT2D eigenvalue weighted by molar-refractivity contribution is 0.00215. The van der Waals surface area contributed by atoms with E-state index in [1.165, 1.54) is 0 Å². The molecule has 10 heteroatoms. The smallest absolute Gasteiger partial charge is 0.450 e. The molecule has 0 radical (unpaired) electrons. The van der Waals surface area contributed by atoms with Crippen LogP contribution in [0.25, 0.3) is 34.3 Å². The zero-order valence-corrected chi connectivity index (χ0v) is 21.1. The third kappa shape index (κ3) is 5.76. The summed E-state index contributed by atoms with van der Waals surface area (Å²) in [7, 11) is 0. The number of hydrogen-bond donors (Lipinski definition) is 2. The maximum absolute atomic E-state index is 10.8. The fourth-order valence-electron chi connectivity index (χ4n) is 4.83. The second-order valence-corrected chi connectivity index (χ2v) is 9.42. The lowest BCUT2D eigenvalue weighted by Crippen LogP contribution is -2.42. The molecular weight excluding hydrogens is 488 g/mol. The van der Waals surface area contributed by atoms with Crippen LogP contribution in [0, 0.1) is 0 Å². The van der Waals surface area contributed by atoms with Gasteiger partial charge in [0.2, 0.25) is 5.82 Å². The first kappa shape index (κ1) is 25.6. The van der Waals surface area contributed by atoms with Gasteiger partial charge in [0.1, 0.15) is 6.10 Å². The summed E-state index contributed by atoms with van der Waals surface area (Å²) in [5.74, 6) is 1.41. The number of rotatable bonds is 9. The van der Waals surface area contributed by atoms with Gasteiger partial charge < -0.3 is 24.0 Å². The van der Waals surface area contributed by atoms with Gasteiger partial charge in [-0.2, -0.15) is 4.98 Å². The molecule has 1 fully saturated rings. The average molecular weight is 519 g/mol. The minimum absolute atomic E-state index is 0.293. The fraction of sp³-hybridized carbons (Fsp3) is 0.357. The number of nitrogens with zero attached hydrogens (tertiary/aromatic N) is 4. The average Bonchev–Trinajstić information content (AvgIpc) is 3.57. The molecule has 0 saturated carbocycles. The van der Waals surface area contributed by atoms with Crippen molar-refractivity contribution >= 4 is 6.16 Å². The molecule has 4 aromatic rings. The van der Waals surface area contributed by atoms with Crippen molar-refractivity contribution in [3.63, 3.8) is 0 Å². The molecular formula is C28H30N4O6. The Morgan fingerprint density at radius 2 is 1.89 bits per heavy atom. The lowest BCUT2D eigenvalue weighted by atomic mass is 10.0. The zero-order chi connectivity index (χ0) is 26.5. The monoisotopic (exact) mass is 518 g/mol. The Labute approximate surface area is 219 Å². The van der Waals surface area contributed by atoms with Gasteiger partial charge in [-0.15, -0.1) is 0 Å². The summed E-state index contributed by atoms with van der Waals surface area (Å²) < 4.78 is 16.2. The summed E-state index contributed by atoms with van der Waals surface area (Å²) in [5, 5.41) is 28.0. The van der Waals surface area contributed by atoms with Gasteiger partial charge in [0.05, 0.1) is 6.10 Å². The van der Waals surface area contributed by atoms with Gasteiger partial charge in [-0.3, -0.25) is 4.90 Å². The van der Waals surface area contributed by atoms with Crippen LogP contribution in [0.15, 0.2) is 63.6 Å². The summed E-state index contributed by atoms with van der Waals surface area (Å²) in [4.78, 5) is 17.4. The summed E-state index contributed by atoms with van der Waals surface area (Å²) in [6.45, 7) is 3.74. The highest BCUT2D eigenvalue weighted by Crippen LogP contribution is 2.33. The minimum atomic E-state index is -1.26. The first-order chi connectivity index (χ1) is 18.5. The number of β-amino-alcohol motifs (C(OH)–C–C–N with tert-alkyl or cyclic N) is 1. The summed E-state index contributed by atoms with van der Waals surface area (Å²) in [6.07, 6.45) is 0.826. The van der Waals surface area contributed by atoms with E-state index >= 15 is 0 Å². The lowest BCUT2D eigenvalue weighted by Gasteiger charge is -2.33. The highest BCUT2D eigenvalue weighted by atomic mass is 16.7. The molecule has 5 rings (SSSR count). The molecule has 1 saturated heterocycles. The number of piperidine rings is 1. The van der Waals surface area contributed by atoms with E-state index in [0.29, 0.717) is 42.7 Å². The van der Waals surface area contributed by atoms with E-state index in [9.17, 15) is 9.90 Å². The van der Waals surface area contributed by atoms with Crippen LogP contribution in [0.4, 0.5) is 4.79 Å². The van der Waals surface area contributed by atoms with Crippen LogP contribution in [0.1, 0.15) is 43.4 Å².